The Morgan fingerprint density at radius 3 is 3.00 bits per heavy atom. The highest BCUT2D eigenvalue weighted by Crippen LogP contribution is 2.41. The van der Waals surface area contributed by atoms with E-state index in [9.17, 15) is 9.90 Å². The van der Waals surface area contributed by atoms with E-state index in [1.54, 1.807) is 24.3 Å². The van der Waals surface area contributed by atoms with Gasteiger partial charge in [0, 0.05) is 13.2 Å². The van der Waals surface area contributed by atoms with Crippen molar-refractivity contribution in [2.45, 2.75) is 18.4 Å². The molecule has 1 amide bonds. The third-order valence-corrected chi connectivity index (χ3v) is 4.53. The van der Waals surface area contributed by atoms with Crippen LogP contribution in [0.3, 0.4) is 0 Å². The molecule has 0 unspecified atom stereocenters. The van der Waals surface area contributed by atoms with Gasteiger partial charge in [0.1, 0.15) is 5.52 Å². The summed E-state index contributed by atoms with van der Waals surface area (Å²) >= 11 is 1.36. The molecule has 2 heterocycles. The van der Waals surface area contributed by atoms with E-state index in [1.165, 1.54) is 11.3 Å². The Balaban J connectivity index is 1.92. The van der Waals surface area contributed by atoms with Crippen molar-refractivity contribution in [3.63, 3.8) is 0 Å². The molecule has 2 aromatic rings. The smallest absolute Gasteiger partial charge is 0.283 e. The van der Waals surface area contributed by atoms with Crippen molar-refractivity contribution >= 4 is 27.5 Å². The number of amides is 1. The third-order valence-electron chi connectivity index (χ3n) is 3.51. The van der Waals surface area contributed by atoms with Crippen LogP contribution >= 0.6 is 11.3 Å². The number of hydrogen-bond donors (Lipinski definition) is 1. The molecule has 1 aliphatic rings. The van der Waals surface area contributed by atoms with Crippen LogP contribution in [0.25, 0.3) is 10.2 Å². The van der Waals surface area contributed by atoms with Crippen LogP contribution in [-0.4, -0.2) is 45.1 Å². The number of carbonyl (C=O) groups is 1. The molecule has 0 spiro atoms. The third kappa shape index (κ3) is 1.69. The van der Waals surface area contributed by atoms with Crippen molar-refractivity contribution in [3.8, 4) is 0 Å². The van der Waals surface area contributed by atoms with Crippen molar-refractivity contribution in [2.24, 2.45) is 0 Å². The first kappa shape index (κ1) is 11.6. The Kier molecular flexibility index (Phi) is 2.57. The summed E-state index contributed by atoms with van der Waals surface area (Å²) in [6.07, 6.45) is 5.06. The number of aliphatic hydroxyl groups excluding tert-OH is 1. The van der Waals surface area contributed by atoms with E-state index in [2.05, 4.69) is 9.97 Å². The lowest BCUT2D eigenvalue weighted by molar-refractivity contribution is 0.0619. The number of rotatable bonds is 3. The van der Waals surface area contributed by atoms with E-state index in [1.807, 2.05) is 6.07 Å². The Morgan fingerprint density at radius 2 is 2.39 bits per heavy atom. The van der Waals surface area contributed by atoms with Crippen LogP contribution in [-0.2, 0) is 0 Å². The van der Waals surface area contributed by atoms with E-state index in [0.29, 0.717) is 5.01 Å². The Hall–Kier alpha value is -1.53. The van der Waals surface area contributed by atoms with Gasteiger partial charge in [-0.05, 0) is 18.9 Å². The van der Waals surface area contributed by atoms with Crippen LogP contribution < -0.4 is 0 Å². The molecule has 5 nitrogen and oxygen atoms in total. The zero-order valence-electron chi connectivity index (χ0n) is 9.96. The fourth-order valence-electron chi connectivity index (χ4n) is 1.97. The normalized spacial score (nSPS) is 16.8. The molecule has 94 valence electrons. The fraction of sp³-hybridized carbons (Fsp3) is 0.417. The molecule has 6 heteroatoms. The van der Waals surface area contributed by atoms with Crippen molar-refractivity contribution in [2.75, 3.05) is 13.7 Å². The van der Waals surface area contributed by atoms with E-state index in [0.717, 1.165) is 23.1 Å². The monoisotopic (exact) mass is 263 g/mol. The van der Waals surface area contributed by atoms with E-state index >= 15 is 0 Å². The van der Waals surface area contributed by atoms with Crippen molar-refractivity contribution in [1.29, 1.82) is 0 Å². The summed E-state index contributed by atoms with van der Waals surface area (Å²) in [6, 6.07) is 1.85. The largest absolute Gasteiger partial charge is 0.394 e. The minimum Gasteiger partial charge on any atom is -0.394 e. The van der Waals surface area contributed by atoms with E-state index < -0.39 is 0 Å². The number of hydrogen-bond acceptors (Lipinski definition) is 5. The zero-order valence-corrected chi connectivity index (χ0v) is 10.8. The molecule has 1 aliphatic carbocycles. The number of nitrogens with zero attached hydrogens (tertiary/aromatic N) is 3. The molecular weight excluding hydrogens is 250 g/mol. The molecule has 0 saturated heterocycles. The zero-order chi connectivity index (χ0) is 12.8. The predicted molar refractivity (Wildman–Crippen MR) is 68.6 cm³/mol. The number of fused-ring (bicyclic) bond motifs is 1. The summed E-state index contributed by atoms with van der Waals surface area (Å²) < 4.78 is 0.954. The quantitative estimate of drug-likeness (QED) is 0.906. The standard InChI is InChI=1S/C12H13N3O2S/c1-15(12(7-16)3-4-12)11(17)10-14-8-6-13-5-2-9(8)18-10/h2,5-6,16H,3-4,7H2,1H3. The lowest BCUT2D eigenvalue weighted by Crippen LogP contribution is -2.41. The molecule has 1 N–H and O–H groups in total. The molecule has 0 atom stereocenters. The number of aromatic nitrogens is 2. The molecule has 0 radical (unpaired) electrons. The summed E-state index contributed by atoms with van der Waals surface area (Å²) in [5, 5.41) is 9.80. The number of thiazole rings is 1. The first-order valence-electron chi connectivity index (χ1n) is 5.76. The summed E-state index contributed by atoms with van der Waals surface area (Å²) in [7, 11) is 1.73. The van der Waals surface area contributed by atoms with Gasteiger partial charge in [-0.1, -0.05) is 0 Å². The van der Waals surface area contributed by atoms with Gasteiger partial charge in [-0.15, -0.1) is 11.3 Å². The van der Waals surface area contributed by atoms with Gasteiger partial charge >= 0.3 is 0 Å². The van der Waals surface area contributed by atoms with Gasteiger partial charge < -0.3 is 10.0 Å². The van der Waals surface area contributed by atoms with E-state index in [-0.39, 0.29) is 18.1 Å². The number of pyridine rings is 1. The van der Waals surface area contributed by atoms with Gasteiger partial charge in [0.15, 0.2) is 5.01 Å². The number of likely N-dealkylation sites (N-methyl/N-ethyl adjacent to an activating group) is 1. The number of carbonyl (C=O) groups excluding carboxylic acids is 1. The van der Waals surface area contributed by atoms with Gasteiger partial charge in [0.25, 0.3) is 5.91 Å². The molecule has 3 rings (SSSR count). The van der Waals surface area contributed by atoms with Crippen LogP contribution in [0, 0.1) is 0 Å². The van der Waals surface area contributed by atoms with Crippen molar-refractivity contribution < 1.29 is 9.90 Å². The van der Waals surface area contributed by atoms with Crippen LogP contribution in [0.4, 0.5) is 0 Å². The lowest BCUT2D eigenvalue weighted by Gasteiger charge is -2.25. The molecule has 18 heavy (non-hydrogen) atoms. The predicted octanol–water partition coefficient (Wildman–Crippen LogP) is 1.29. The van der Waals surface area contributed by atoms with Gasteiger partial charge in [0.2, 0.25) is 0 Å². The second-order valence-corrected chi connectivity index (χ2v) is 5.64. The molecule has 0 bridgehead atoms. The van der Waals surface area contributed by atoms with Gasteiger partial charge in [-0.2, -0.15) is 0 Å². The summed E-state index contributed by atoms with van der Waals surface area (Å²) in [4.78, 5) is 22.2. The van der Waals surface area contributed by atoms with Crippen molar-refractivity contribution in [3.05, 3.63) is 23.5 Å². The second-order valence-electron chi connectivity index (χ2n) is 4.61. The topological polar surface area (TPSA) is 66.3 Å². The Bertz CT molecular complexity index is 573. The highest BCUT2D eigenvalue weighted by molar-refractivity contribution is 7.20. The fourth-order valence-corrected chi connectivity index (χ4v) is 2.88. The minimum atomic E-state index is -0.354. The second kappa shape index (κ2) is 4.00. The van der Waals surface area contributed by atoms with Crippen LogP contribution in [0.1, 0.15) is 22.6 Å². The summed E-state index contributed by atoms with van der Waals surface area (Å²) in [6.45, 7) is 0.0156. The van der Waals surface area contributed by atoms with Gasteiger partial charge in [0.05, 0.1) is 23.0 Å². The molecule has 2 aromatic heterocycles. The minimum absolute atomic E-state index is 0.0156. The van der Waals surface area contributed by atoms with Gasteiger partial charge in [-0.3, -0.25) is 9.78 Å². The first-order valence-corrected chi connectivity index (χ1v) is 6.57. The highest BCUT2D eigenvalue weighted by atomic mass is 32.1. The van der Waals surface area contributed by atoms with Crippen molar-refractivity contribution in [1.82, 2.24) is 14.9 Å². The molecule has 0 aliphatic heterocycles. The first-order chi connectivity index (χ1) is 8.66. The Labute approximate surface area is 108 Å². The summed E-state index contributed by atoms with van der Waals surface area (Å²) in [5.41, 5.74) is 0.390. The average Bonchev–Trinajstić information content (AvgIpc) is 3.08. The maximum atomic E-state index is 12.3. The Morgan fingerprint density at radius 1 is 1.61 bits per heavy atom. The average molecular weight is 263 g/mol. The van der Waals surface area contributed by atoms with Gasteiger partial charge in [-0.25, -0.2) is 4.98 Å². The maximum Gasteiger partial charge on any atom is 0.283 e. The van der Waals surface area contributed by atoms with Crippen LogP contribution in [0.5, 0.6) is 0 Å². The molecular formula is C12H13N3O2S. The molecule has 1 saturated carbocycles. The van der Waals surface area contributed by atoms with Crippen LogP contribution in [0.15, 0.2) is 18.5 Å². The lowest BCUT2D eigenvalue weighted by atomic mass is 10.2. The molecule has 1 fully saturated rings. The maximum absolute atomic E-state index is 12.3. The highest BCUT2D eigenvalue weighted by Gasteiger charge is 2.48. The SMILES string of the molecule is CN(C(=O)c1nc2cnccc2s1)C1(CO)CC1. The molecule has 0 aromatic carbocycles. The van der Waals surface area contributed by atoms with E-state index in [4.69, 9.17) is 0 Å². The van der Waals surface area contributed by atoms with Crippen LogP contribution in [0.2, 0.25) is 0 Å². The number of aliphatic hydroxyl groups is 1. The summed E-state index contributed by atoms with van der Waals surface area (Å²) in [5.74, 6) is -0.122.